The van der Waals surface area contributed by atoms with Crippen LogP contribution in [0.5, 0.6) is 11.5 Å². The molecule has 84 valence electrons. The Labute approximate surface area is 95.2 Å². The number of benzene rings is 2. The van der Waals surface area contributed by atoms with E-state index in [0.717, 1.165) is 35.6 Å². The number of fused-ring (bicyclic) bond motifs is 1. The third-order valence-electron chi connectivity index (χ3n) is 2.88. The molecule has 2 rings (SSSR count). The van der Waals surface area contributed by atoms with E-state index in [9.17, 15) is 10.2 Å². The molecule has 0 aliphatic rings. The van der Waals surface area contributed by atoms with Gasteiger partial charge < -0.3 is 10.2 Å². The van der Waals surface area contributed by atoms with Crippen LogP contribution in [0.25, 0.3) is 10.8 Å². The zero-order chi connectivity index (χ0) is 11.5. The average molecular weight is 216 g/mol. The van der Waals surface area contributed by atoms with Crippen LogP contribution in [0.2, 0.25) is 0 Å². The van der Waals surface area contributed by atoms with Crippen LogP contribution in [0.1, 0.15) is 25.3 Å². The third-order valence-corrected chi connectivity index (χ3v) is 2.88. The maximum atomic E-state index is 9.76. The zero-order valence-electron chi connectivity index (χ0n) is 9.40. The number of phenolic OH excluding ortho intramolecular Hbond substituents is 2. The van der Waals surface area contributed by atoms with Crippen molar-refractivity contribution in [3.05, 3.63) is 35.9 Å². The standard InChI is InChI=1S/C14H16O2/c1-2-3-6-10-9-13(15)14(16)12-8-5-4-7-11(10)12/h4-5,7-9,15-16H,2-3,6H2,1H3. The van der Waals surface area contributed by atoms with Crippen molar-refractivity contribution in [2.45, 2.75) is 26.2 Å². The summed E-state index contributed by atoms with van der Waals surface area (Å²) in [6.07, 6.45) is 3.15. The van der Waals surface area contributed by atoms with Gasteiger partial charge in [-0.15, -0.1) is 0 Å². The van der Waals surface area contributed by atoms with Crippen molar-refractivity contribution in [2.24, 2.45) is 0 Å². The minimum absolute atomic E-state index is 0.0177. The fourth-order valence-electron chi connectivity index (χ4n) is 1.99. The van der Waals surface area contributed by atoms with E-state index in [1.54, 1.807) is 6.07 Å². The van der Waals surface area contributed by atoms with Gasteiger partial charge in [-0.25, -0.2) is 0 Å². The van der Waals surface area contributed by atoms with Crippen molar-refractivity contribution >= 4 is 10.8 Å². The summed E-state index contributed by atoms with van der Waals surface area (Å²) in [4.78, 5) is 0. The zero-order valence-corrected chi connectivity index (χ0v) is 9.40. The fraction of sp³-hybridized carbons (Fsp3) is 0.286. The van der Waals surface area contributed by atoms with Gasteiger partial charge in [-0.3, -0.25) is 0 Å². The molecule has 0 aromatic heterocycles. The van der Waals surface area contributed by atoms with Gasteiger partial charge in [0.25, 0.3) is 0 Å². The second-order valence-corrected chi connectivity index (χ2v) is 4.05. The van der Waals surface area contributed by atoms with Crippen LogP contribution in [-0.4, -0.2) is 10.2 Å². The summed E-state index contributed by atoms with van der Waals surface area (Å²) in [5, 5.41) is 21.2. The van der Waals surface area contributed by atoms with Crippen molar-refractivity contribution in [1.29, 1.82) is 0 Å². The molecule has 0 amide bonds. The Morgan fingerprint density at radius 2 is 1.75 bits per heavy atom. The van der Waals surface area contributed by atoms with Crippen LogP contribution in [0.4, 0.5) is 0 Å². The number of aryl methyl sites for hydroxylation is 1. The molecule has 2 N–H and O–H groups in total. The largest absolute Gasteiger partial charge is 0.504 e. The Balaban J connectivity index is 2.60. The molecule has 0 spiro atoms. The van der Waals surface area contributed by atoms with Crippen LogP contribution in [0, 0.1) is 0 Å². The summed E-state index contributed by atoms with van der Waals surface area (Å²) in [5.41, 5.74) is 1.10. The SMILES string of the molecule is CCCCc1cc(O)c(O)c2ccccc12. The highest BCUT2D eigenvalue weighted by molar-refractivity contribution is 5.93. The Morgan fingerprint density at radius 3 is 2.44 bits per heavy atom. The summed E-state index contributed by atoms with van der Waals surface area (Å²) in [7, 11) is 0. The summed E-state index contributed by atoms with van der Waals surface area (Å²) in [6.45, 7) is 2.14. The summed E-state index contributed by atoms with van der Waals surface area (Å²) >= 11 is 0. The first-order valence-corrected chi connectivity index (χ1v) is 5.66. The van der Waals surface area contributed by atoms with Crippen LogP contribution >= 0.6 is 0 Å². The van der Waals surface area contributed by atoms with Gasteiger partial charge in [-0.2, -0.15) is 0 Å². The smallest absolute Gasteiger partial charge is 0.165 e. The molecule has 0 bridgehead atoms. The Kier molecular flexibility index (Phi) is 3.00. The van der Waals surface area contributed by atoms with Gasteiger partial charge in [0, 0.05) is 5.39 Å². The first-order chi connectivity index (χ1) is 7.74. The highest BCUT2D eigenvalue weighted by Gasteiger charge is 2.09. The lowest BCUT2D eigenvalue weighted by Crippen LogP contribution is -1.88. The molecule has 16 heavy (non-hydrogen) atoms. The van der Waals surface area contributed by atoms with Gasteiger partial charge in [0.2, 0.25) is 0 Å². The van der Waals surface area contributed by atoms with E-state index in [-0.39, 0.29) is 11.5 Å². The minimum Gasteiger partial charge on any atom is -0.504 e. The van der Waals surface area contributed by atoms with E-state index in [0.29, 0.717) is 0 Å². The normalized spacial score (nSPS) is 10.8. The average Bonchev–Trinajstić information content (AvgIpc) is 2.32. The second kappa shape index (κ2) is 4.44. The maximum absolute atomic E-state index is 9.76. The quantitative estimate of drug-likeness (QED) is 0.770. The topological polar surface area (TPSA) is 40.5 Å². The summed E-state index contributed by atoms with van der Waals surface area (Å²) < 4.78 is 0. The molecule has 2 aromatic rings. The van der Waals surface area contributed by atoms with E-state index in [1.165, 1.54) is 0 Å². The van der Waals surface area contributed by atoms with E-state index in [1.807, 2.05) is 24.3 Å². The molecule has 0 unspecified atom stereocenters. The van der Waals surface area contributed by atoms with E-state index in [4.69, 9.17) is 0 Å². The highest BCUT2D eigenvalue weighted by Crippen LogP contribution is 2.36. The van der Waals surface area contributed by atoms with Gasteiger partial charge in [0.15, 0.2) is 11.5 Å². The van der Waals surface area contributed by atoms with Crippen LogP contribution in [0.3, 0.4) is 0 Å². The Bertz CT molecular complexity index is 503. The number of unbranched alkanes of at least 4 members (excludes halogenated alkanes) is 1. The molecule has 0 aliphatic heterocycles. The Morgan fingerprint density at radius 1 is 1.06 bits per heavy atom. The van der Waals surface area contributed by atoms with Gasteiger partial charge in [0.05, 0.1) is 0 Å². The van der Waals surface area contributed by atoms with Crippen molar-refractivity contribution in [1.82, 2.24) is 0 Å². The van der Waals surface area contributed by atoms with E-state index < -0.39 is 0 Å². The molecule has 0 radical (unpaired) electrons. The first kappa shape index (κ1) is 10.8. The van der Waals surface area contributed by atoms with E-state index >= 15 is 0 Å². The minimum atomic E-state index is -0.0233. The molecule has 0 saturated heterocycles. The second-order valence-electron chi connectivity index (χ2n) is 4.05. The lowest BCUT2D eigenvalue weighted by molar-refractivity contribution is 0.407. The van der Waals surface area contributed by atoms with Crippen LogP contribution < -0.4 is 0 Å². The molecule has 2 aromatic carbocycles. The maximum Gasteiger partial charge on any atom is 0.165 e. The van der Waals surface area contributed by atoms with Gasteiger partial charge in [-0.1, -0.05) is 37.6 Å². The predicted molar refractivity (Wildman–Crippen MR) is 65.9 cm³/mol. The fourth-order valence-corrected chi connectivity index (χ4v) is 1.99. The number of aromatic hydroxyl groups is 2. The highest BCUT2D eigenvalue weighted by atomic mass is 16.3. The van der Waals surface area contributed by atoms with Crippen molar-refractivity contribution < 1.29 is 10.2 Å². The van der Waals surface area contributed by atoms with Crippen molar-refractivity contribution in [3.8, 4) is 11.5 Å². The molecular formula is C14H16O2. The number of hydrogen-bond acceptors (Lipinski definition) is 2. The molecular weight excluding hydrogens is 200 g/mol. The molecule has 2 heteroatoms. The monoisotopic (exact) mass is 216 g/mol. The number of phenols is 2. The number of rotatable bonds is 3. The third kappa shape index (κ3) is 1.83. The summed E-state index contributed by atoms with van der Waals surface area (Å²) in [6, 6.07) is 9.31. The molecule has 0 fully saturated rings. The molecule has 0 atom stereocenters. The van der Waals surface area contributed by atoms with Crippen LogP contribution in [-0.2, 0) is 6.42 Å². The Hall–Kier alpha value is -1.70. The van der Waals surface area contributed by atoms with E-state index in [2.05, 4.69) is 6.92 Å². The number of hydrogen-bond donors (Lipinski definition) is 2. The van der Waals surface area contributed by atoms with Crippen molar-refractivity contribution in [3.63, 3.8) is 0 Å². The molecule has 2 nitrogen and oxygen atoms in total. The lowest BCUT2D eigenvalue weighted by atomic mass is 9.99. The van der Waals surface area contributed by atoms with Gasteiger partial charge >= 0.3 is 0 Å². The van der Waals surface area contributed by atoms with Gasteiger partial charge in [0.1, 0.15) is 0 Å². The summed E-state index contributed by atoms with van der Waals surface area (Å²) in [5.74, 6) is -0.0411. The lowest BCUT2D eigenvalue weighted by Gasteiger charge is -2.09. The first-order valence-electron chi connectivity index (χ1n) is 5.66. The molecule has 0 heterocycles. The predicted octanol–water partition coefficient (Wildman–Crippen LogP) is 3.59. The van der Waals surface area contributed by atoms with Gasteiger partial charge in [-0.05, 0) is 29.9 Å². The van der Waals surface area contributed by atoms with Crippen LogP contribution in [0.15, 0.2) is 30.3 Å². The molecule has 0 aliphatic carbocycles. The van der Waals surface area contributed by atoms with Crippen molar-refractivity contribution in [2.75, 3.05) is 0 Å². The molecule has 0 saturated carbocycles.